The van der Waals surface area contributed by atoms with Gasteiger partial charge in [-0.05, 0) is 49.8 Å². The van der Waals surface area contributed by atoms with Crippen molar-refractivity contribution in [2.75, 3.05) is 26.5 Å². The van der Waals surface area contributed by atoms with Crippen LogP contribution in [0.4, 0.5) is 10.5 Å². The van der Waals surface area contributed by atoms with Crippen molar-refractivity contribution >= 4 is 34.8 Å². The molecule has 3 rings (SSSR count). The van der Waals surface area contributed by atoms with Gasteiger partial charge in [0.05, 0.1) is 19.3 Å². The molecule has 0 aliphatic carbocycles. The third kappa shape index (κ3) is 8.72. The normalized spacial score (nSPS) is 12.4. The van der Waals surface area contributed by atoms with Crippen LogP contribution in [0.25, 0.3) is 11.2 Å². The number of rotatable bonds is 10. The van der Waals surface area contributed by atoms with E-state index in [9.17, 15) is 19.2 Å². The average molecular weight is 567 g/mol. The molecule has 3 heterocycles. The van der Waals surface area contributed by atoms with Crippen LogP contribution in [0.2, 0.25) is 0 Å². The molecule has 1 atom stereocenters. The van der Waals surface area contributed by atoms with E-state index >= 15 is 0 Å². The second kappa shape index (κ2) is 13.2. The fraction of sp³-hybridized carbons (Fsp3) is 0.464. The van der Waals surface area contributed by atoms with Crippen LogP contribution in [0.3, 0.4) is 0 Å². The maximum Gasteiger partial charge on any atom is 0.407 e. The summed E-state index contributed by atoms with van der Waals surface area (Å²) in [6, 6.07) is 2.11. The van der Waals surface area contributed by atoms with Crippen LogP contribution in [0.15, 0.2) is 35.3 Å². The van der Waals surface area contributed by atoms with Gasteiger partial charge in [0, 0.05) is 20.3 Å². The largest absolute Gasteiger partial charge is 0.453 e. The first-order chi connectivity index (χ1) is 19.3. The first kappa shape index (κ1) is 31.0. The molecule has 13 nitrogen and oxygen atoms in total. The fourth-order valence-electron chi connectivity index (χ4n) is 4.03. The van der Waals surface area contributed by atoms with E-state index in [1.165, 1.54) is 28.7 Å². The molecule has 0 radical (unpaired) electrons. The average Bonchev–Trinajstić information content (AvgIpc) is 3.29. The number of H-pyrrole nitrogens is 1. The molecule has 3 aromatic rings. The summed E-state index contributed by atoms with van der Waals surface area (Å²) in [5, 5.41) is 5.08. The lowest BCUT2D eigenvalue weighted by Gasteiger charge is -2.17. The molecule has 0 fully saturated rings. The van der Waals surface area contributed by atoms with E-state index in [0.29, 0.717) is 23.7 Å². The molecule has 0 bridgehead atoms. The Labute approximate surface area is 238 Å². The van der Waals surface area contributed by atoms with Crippen LogP contribution in [-0.2, 0) is 27.3 Å². The van der Waals surface area contributed by atoms with Crippen LogP contribution >= 0.6 is 0 Å². The molecule has 3 amide bonds. The number of aromatic nitrogens is 5. The van der Waals surface area contributed by atoms with E-state index in [4.69, 9.17) is 0 Å². The number of methoxy groups -OCH3 is 1. The van der Waals surface area contributed by atoms with Crippen molar-refractivity contribution in [3.05, 3.63) is 58.2 Å². The van der Waals surface area contributed by atoms with Gasteiger partial charge in [-0.2, -0.15) is 0 Å². The Morgan fingerprint density at radius 2 is 1.93 bits per heavy atom. The number of hydrogen-bond donors (Lipinski definition) is 3. The molecule has 0 saturated carbocycles. The Morgan fingerprint density at radius 3 is 2.59 bits per heavy atom. The summed E-state index contributed by atoms with van der Waals surface area (Å²) < 4.78 is 6.05. The molecular weight excluding hydrogens is 528 g/mol. The second-order valence-electron chi connectivity index (χ2n) is 11.1. The van der Waals surface area contributed by atoms with Gasteiger partial charge < -0.3 is 29.8 Å². The van der Waals surface area contributed by atoms with E-state index < -0.39 is 23.6 Å². The lowest BCUT2D eigenvalue weighted by Crippen LogP contribution is -2.44. The topological polar surface area (TPSA) is 164 Å². The minimum absolute atomic E-state index is 0.00297. The molecule has 0 spiro atoms. The summed E-state index contributed by atoms with van der Waals surface area (Å²) in [5.41, 5.74) is 1.71. The second-order valence-corrected chi connectivity index (χ2v) is 11.1. The highest BCUT2D eigenvalue weighted by atomic mass is 16.5. The van der Waals surface area contributed by atoms with E-state index in [0.717, 1.165) is 17.6 Å². The number of fused-ring (bicyclic) bond motifs is 1. The first-order valence-corrected chi connectivity index (χ1v) is 13.2. The number of alkyl carbamates (subject to hydrolysis) is 1. The van der Waals surface area contributed by atoms with Crippen LogP contribution in [0.1, 0.15) is 51.0 Å². The Bertz CT molecular complexity index is 1500. The monoisotopic (exact) mass is 566 g/mol. The van der Waals surface area contributed by atoms with E-state index in [1.807, 2.05) is 6.92 Å². The summed E-state index contributed by atoms with van der Waals surface area (Å²) in [7, 11) is 4.44. The fourth-order valence-corrected chi connectivity index (χ4v) is 4.03. The maximum absolute atomic E-state index is 13.2. The van der Waals surface area contributed by atoms with Gasteiger partial charge >= 0.3 is 6.09 Å². The van der Waals surface area contributed by atoms with Crippen LogP contribution in [0, 0.1) is 12.3 Å². The number of amides is 3. The van der Waals surface area contributed by atoms with Gasteiger partial charge in [-0.3, -0.25) is 14.4 Å². The number of carbonyl (C=O) groups excluding carboxylic acids is 3. The van der Waals surface area contributed by atoms with Crippen LogP contribution < -0.4 is 16.2 Å². The number of likely N-dealkylation sites (N-methyl/N-ethyl adjacent to an activating group) is 1. The quantitative estimate of drug-likeness (QED) is 0.315. The van der Waals surface area contributed by atoms with Gasteiger partial charge in [0.25, 0.3) is 5.56 Å². The molecule has 0 saturated heterocycles. The van der Waals surface area contributed by atoms with Gasteiger partial charge in [0.2, 0.25) is 11.8 Å². The van der Waals surface area contributed by atoms with Crippen molar-refractivity contribution < 1.29 is 19.1 Å². The Morgan fingerprint density at radius 1 is 1.20 bits per heavy atom. The van der Waals surface area contributed by atoms with Crippen molar-refractivity contribution in [2.24, 2.45) is 5.41 Å². The Hall–Kier alpha value is -4.55. The molecule has 0 aliphatic rings. The molecule has 41 heavy (non-hydrogen) atoms. The lowest BCUT2D eigenvalue weighted by atomic mass is 9.90. The molecule has 13 heteroatoms. The molecular formula is C28H38N8O5. The molecule has 0 aromatic carbocycles. The number of allylic oxidation sites excluding steroid dienone is 1. The highest BCUT2D eigenvalue weighted by molar-refractivity contribution is 5.96. The van der Waals surface area contributed by atoms with Gasteiger partial charge in [-0.15, -0.1) is 0 Å². The summed E-state index contributed by atoms with van der Waals surface area (Å²) in [4.78, 5) is 68.2. The summed E-state index contributed by atoms with van der Waals surface area (Å²) in [6.07, 6.45) is 5.02. The molecule has 3 N–H and O–H groups in total. The van der Waals surface area contributed by atoms with Crippen molar-refractivity contribution in [1.82, 2.24) is 34.7 Å². The van der Waals surface area contributed by atoms with Crippen molar-refractivity contribution in [3.8, 4) is 0 Å². The minimum Gasteiger partial charge on any atom is -0.453 e. The van der Waals surface area contributed by atoms with Crippen LogP contribution in [0.5, 0.6) is 0 Å². The first-order valence-electron chi connectivity index (χ1n) is 13.2. The predicted molar refractivity (Wildman–Crippen MR) is 154 cm³/mol. The van der Waals surface area contributed by atoms with Gasteiger partial charge in [0.1, 0.15) is 28.9 Å². The minimum atomic E-state index is -1.01. The number of nitrogens with zero attached hydrogens (tertiary/aromatic N) is 5. The van der Waals surface area contributed by atoms with E-state index in [1.54, 1.807) is 32.4 Å². The maximum atomic E-state index is 13.2. The third-order valence-corrected chi connectivity index (χ3v) is 6.00. The number of aryl methyl sites for hydroxylation is 1. The van der Waals surface area contributed by atoms with Crippen molar-refractivity contribution in [2.45, 2.75) is 59.5 Å². The standard InChI is InChI=1S/C28H38N8O5/c1-17-29-20(15-28(2,3)4)23-24(30-17)34-21(33-23)16-36-14-10-12-19(26(36)39)31-25(38)18(32-27(40)41-7)11-8-9-13-22(37)35(5)6/h9-10,12-14,18H,8,11,15-16H2,1-7H3,(H,31,38)(H,32,40)(H,29,30,33,34). The van der Waals surface area contributed by atoms with Gasteiger partial charge in [-0.25, -0.2) is 19.7 Å². The Balaban J connectivity index is 1.79. The number of ether oxygens (including phenoxy) is 1. The number of nitrogens with one attached hydrogen (secondary N) is 3. The number of aromatic amines is 1. The summed E-state index contributed by atoms with van der Waals surface area (Å²) >= 11 is 0. The predicted octanol–water partition coefficient (Wildman–Crippen LogP) is 2.55. The van der Waals surface area contributed by atoms with Gasteiger partial charge in [-0.1, -0.05) is 26.8 Å². The molecule has 1 unspecified atom stereocenters. The number of imidazole rings is 1. The Kier molecular flexibility index (Phi) is 9.98. The highest BCUT2D eigenvalue weighted by Crippen LogP contribution is 2.24. The molecule has 0 aliphatic heterocycles. The zero-order valence-corrected chi connectivity index (χ0v) is 24.6. The highest BCUT2D eigenvalue weighted by Gasteiger charge is 2.22. The SMILES string of the molecule is COC(=O)NC(CCC=CC(=O)N(C)C)C(=O)Nc1cccn(Cc2nc3nc(C)nc(CC(C)(C)C)c3[nH]2)c1=O. The summed E-state index contributed by atoms with van der Waals surface area (Å²) in [6.45, 7) is 8.31. The zero-order chi connectivity index (χ0) is 30.3. The molecule has 3 aromatic heterocycles. The number of anilines is 1. The van der Waals surface area contributed by atoms with E-state index in [-0.39, 0.29) is 30.0 Å². The lowest BCUT2D eigenvalue weighted by molar-refractivity contribution is -0.123. The van der Waals surface area contributed by atoms with Crippen molar-refractivity contribution in [3.63, 3.8) is 0 Å². The number of hydrogen-bond acceptors (Lipinski definition) is 8. The molecule has 220 valence electrons. The van der Waals surface area contributed by atoms with Crippen molar-refractivity contribution in [1.29, 1.82) is 0 Å². The zero-order valence-electron chi connectivity index (χ0n) is 24.6. The smallest absolute Gasteiger partial charge is 0.407 e. The van der Waals surface area contributed by atoms with Gasteiger partial charge in [0.15, 0.2) is 5.65 Å². The number of pyridine rings is 1. The van der Waals surface area contributed by atoms with Crippen LogP contribution in [-0.4, -0.2) is 74.6 Å². The third-order valence-electron chi connectivity index (χ3n) is 6.00. The van der Waals surface area contributed by atoms with E-state index in [2.05, 4.69) is 56.1 Å². The number of carbonyl (C=O) groups is 3. The summed E-state index contributed by atoms with van der Waals surface area (Å²) in [5.74, 6) is 0.337.